The number of imide groups is 1. The molecule has 0 unspecified atom stereocenters. The van der Waals surface area contributed by atoms with Crippen LogP contribution in [0.4, 0.5) is 0 Å². The normalized spacial score (nSPS) is 24.3. The summed E-state index contributed by atoms with van der Waals surface area (Å²) in [5.41, 5.74) is 1.62. The van der Waals surface area contributed by atoms with Gasteiger partial charge in [-0.05, 0) is 41.0 Å². The number of hydrogen-bond acceptors (Lipinski definition) is 16. The molecule has 3 heterocycles. The van der Waals surface area contributed by atoms with Gasteiger partial charge in [0.15, 0.2) is 18.5 Å². The molecule has 396 valence electrons. The highest BCUT2D eigenvalue weighted by atomic mass is 35.5. The van der Waals surface area contributed by atoms with E-state index in [1.54, 1.807) is 24.3 Å². The molecule has 21 heteroatoms. The third kappa shape index (κ3) is 13.1. The van der Waals surface area contributed by atoms with E-state index in [4.69, 9.17) is 98.5 Å². The first-order valence-corrected chi connectivity index (χ1v) is 25.1. The largest absolute Gasteiger partial charge is 0.497 e. The summed E-state index contributed by atoms with van der Waals surface area (Å²) in [5, 5.41) is -1.42. The fourth-order valence-electron chi connectivity index (χ4n) is 8.88. The smallest absolute Gasteiger partial charge is 0.303 e. The van der Waals surface area contributed by atoms with Crippen molar-refractivity contribution >= 4 is 76.1 Å². The first kappa shape index (κ1) is 55.4. The van der Waals surface area contributed by atoms with Gasteiger partial charge < -0.3 is 52.1 Å². The fourth-order valence-corrected chi connectivity index (χ4v) is 9.90. The van der Waals surface area contributed by atoms with E-state index in [9.17, 15) is 24.0 Å². The van der Waals surface area contributed by atoms with Crippen LogP contribution in [0.1, 0.15) is 58.2 Å². The summed E-state index contributed by atoms with van der Waals surface area (Å²) >= 11 is 26.0. The van der Waals surface area contributed by atoms with Crippen molar-refractivity contribution in [1.29, 1.82) is 0 Å². The zero-order valence-corrected chi connectivity index (χ0v) is 43.8. The van der Waals surface area contributed by atoms with Gasteiger partial charge in [-0.1, -0.05) is 137 Å². The zero-order chi connectivity index (χ0) is 53.3. The van der Waals surface area contributed by atoms with Crippen molar-refractivity contribution in [3.05, 3.63) is 163 Å². The number of carbonyl (C=O) groups excluding carboxylic acids is 5. The predicted molar refractivity (Wildman–Crippen MR) is 270 cm³/mol. The molecule has 0 aliphatic carbocycles. The number of halogens is 4. The molecule has 2 amide bonds. The van der Waals surface area contributed by atoms with E-state index in [0.29, 0.717) is 16.4 Å². The molecule has 0 radical (unpaired) electrons. The van der Waals surface area contributed by atoms with Crippen molar-refractivity contribution in [2.45, 2.75) is 102 Å². The lowest BCUT2D eigenvalue weighted by Gasteiger charge is -2.48. The lowest BCUT2D eigenvalue weighted by Crippen LogP contribution is -2.68. The van der Waals surface area contributed by atoms with Crippen molar-refractivity contribution < 1.29 is 76.1 Å². The minimum atomic E-state index is -1.82. The van der Waals surface area contributed by atoms with Gasteiger partial charge in [-0.3, -0.25) is 28.9 Å². The highest BCUT2D eigenvalue weighted by Crippen LogP contribution is 2.47. The highest BCUT2D eigenvalue weighted by molar-refractivity contribution is 6.55. The maximum atomic E-state index is 14.7. The molecule has 2 fully saturated rings. The van der Waals surface area contributed by atoms with E-state index in [2.05, 4.69) is 0 Å². The molecule has 0 spiro atoms. The molecule has 8 rings (SSSR count). The summed E-state index contributed by atoms with van der Waals surface area (Å²) in [7, 11) is 1.54. The van der Waals surface area contributed by atoms with Crippen LogP contribution >= 0.6 is 46.4 Å². The second-order valence-corrected chi connectivity index (χ2v) is 18.9. The van der Waals surface area contributed by atoms with E-state index in [1.165, 1.54) is 7.11 Å². The number of benzene rings is 5. The van der Waals surface area contributed by atoms with E-state index >= 15 is 0 Å². The van der Waals surface area contributed by atoms with E-state index in [0.717, 1.165) is 37.5 Å². The van der Waals surface area contributed by atoms with Crippen molar-refractivity contribution in [1.82, 2.24) is 4.90 Å². The molecular weight excluding hydrogens is 1060 g/mol. The molecule has 17 nitrogen and oxygen atoms in total. The van der Waals surface area contributed by atoms with Crippen molar-refractivity contribution in [3.8, 4) is 11.5 Å². The van der Waals surface area contributed by atoms with Gasteiger partial charge in [0, 0.05) is 20.8 Å². The molecule has 0 N–H and O–H groups in total. The Kier molecular flexibility index (Phi) is 18.7. The Morgan fingerprint density at radius 1 is 0.493 bits per heavy atom. The molecule has 0 saturated carbocycles. The van der Waals surface area contributed by atoms with Crippen LogP contribution in [-0.2, 0) is 76.8 Å². The van der Waals surface area contributed by atoms with E-state index in [-0.39, 0.29) is 29.9 Å². The predicted octanol–water partition coefficient (Wildman–Crippen LogP) is 9.00. The van der Waals surface area contributed by atoms with E-state index < -0.39 is 125 Å². The summed E-state index contributed by atoms with van der Waals surface area (Å²) in [6.07, 6.45) is -12.2. The molecule has 75 heavy (non-hydrogen) atoms. The maximum absolute atomic E-state index is 14.7. The second kappa shape index (κ2) is 25.3. The average Bonchev–Trinajstić information content (AvgIpc) is 3.67. The molecule has 5 aromatic rings. The molecule has 3 aliphatic rings. The second-order valence-electron chi connectivity index (χ2n) is 17.4. The maximum Gasteiger partial charge on any atom is 0.303 e. The van der Waals surface area contributed by atoms with Crippen LogP contribution in [0, 0.1) is 0 Å². The van der Waals surface area contributed by atoms with Crippen molar-refractivity contribution in [2.24, 2.45) is 0 Å². The lowest BCUT2D eigenvalue weighted by molar-refractivity contribution is -0.327. The Morgan fingerprint density at radius 3 is 1.41 bits per heavy atom. The SMILES string of the molecule is COc1ccc(O[C@@H]2O[C@H](CO[C@@H]3O[C@H](COC(C)=O)[C@@H](OC(C)=O)[C@H](OC(C)=O)[C@H]3N3C(=O)c4c(Cl)c(Cl)c(Cl)c(Cl)c4C3=O)[C@H](OCc3ccccc3)[C@H](OCc3ccccc3)[C@H]2OCc2ccccc2)cc1. The lowest BCUT2D eigenvalue weighted by atomic mass is 9.94. The number of carbonyl (C=O) groups is 5. The molecule has 2 saturated heterocycles. The minimum absolute atomic E-state index is 0.0409. The van der Waals surface area contributed by atoms with Crippen LogP contribution in [0.3, 0.4) is 0 Å². The molecule has 10 atom stereocenters. The Bertz CT molecular complexity index is 2770. The Morgan fingerprint density at radius 2 is 0.933 bits per heavy atom. The van der Waals surface area contributed by atoms with Gasteiger partial charge in [-0.15, -0.1) is 0 Å². The summed E-state index contributed by atoms with van der Waals surface area (Å²) in [6, 6.07) is 33.3. The Hall–Kier alpha value is -5.83. The summed E-state index contributed by atoms with van der Waals surface area (Å²) in [6.45, 7) is 2.40. The first-order chi connectivity index (χ1) is 36.1. The average molecular weight is 1110 g/mol. The van der Waals surface area contributed by atoms with Gasteiger partial charge >= 0.3 is 17.9 Å². The minimum Gasteiger partial charge on any atom is -0.497 e. The number of hydrogen-bond donors (Lipinski definition) is 0. The van der Waals surface area contributed by atoms with Crippen LogP contribution in [0.2, 0.25) is 20.1 Å². The van der Waals surface area contributed by atoms with Crippen LogP contribution in [0.25, 0.3) is 0 Å². The van der Waals surface area contributed by atoms with Gasteiger partial charge in [-0.2, -0.15) is 0 Å². The third-order valence-corrected chi connectivity index (χ3v) is 14.1. The zero-order valence-electron chi connectivity index (χ0n) is 40.8. The number of rotatable bonds is 20. The fraction of sp³-hybridized carbons (Fsp3) is 0.352. The number of nitrogens with zero attached hydrogens (tertiary/aromatic N) is 1. The van der Waals surface area contributed by atoms with Crippen LogP contribution in [-0.4, -0.2) is 116 Å². The molecule has 5 aromatic carbocycles. The van der Waals surface area contributed by atoms with Gasteiger partial charge in [0.25, 0.3) is 11.8 Å². The molecule has 0 bridgehead atoms. The third-order valence-electron chi connectivity index (χ3n) is 12.3. The quantitative estimate of drug-likeness (QED) is 0.0236. The summed E-state index contributed by atoms with van der Waals surface area (Å²) in [4.78, 5) is 68.4. The monoisotopic (exact) mass is 1110 g/mol. The Labute approximate surface area is 451 Å². The van der Waals surface area contributed by atoms with Gasteiger partial charge in [0.05, 0.1) is 64.8 Å². The van der Waals surface area contributed by atoms with Crippen LogP contribution in [0.15, 0.2) is 115 Å². The number of methoxy groups -OCH3 is 1. The standard InChI is InChI=1S/C54H51Cl4NO16/c1-29(60)66-27-38-47(71-30(2)61)48(72-31(3)62)45(59-51(63)39-40(52(59)64)42(56)44(58)43(57)41(39)55)53(74-38)70-28-37-46(67-24-32-14-8-5-9-15-32)49(68-25-33-16-10-6-11-17-33)50(69-26-34-18-12-7-13-19-34)54(75-37)73-36-22-20-35(65-4)21-23-36/h5-23,37-38,45-50,53-54H,24-28H2,1-4H3/t37-,38-,45-,46+,47-,48-,49+,50-,53-,54-/m1/s1. The first-order valence-electron chi connectivity index (χ1n) is 23.5. The van der Waals surface area contributed by atoms with Crippen molar-refractivity contribution in [2.75, 3.05) is 20.3 Å². The number of fused-ring (bicyclic) bond motifs is 1. The van der Waals surface area contributed by atoms with Gasteiger partial charge in [0.2, 0.25) is 6.29 Å². The van der Waals surface area contributed by atoms with Gasteiger partial charge in [0.1, 0.15) is 54.7 Å². The van der Waals surface area contributed by atoms with Crippen LogP contribution in [0.5, 0.6) is 11.5 Å². The topological polar surface area (TPSA) is 190 Å². The highest BCUT2D eigenvalue weighted by Gasteiger charge is 2.59. The summed E-state index contributed by atoms with van der Waals surface area (Å²) < 4.78 is 69.5. The molecular formula is C54H51Cl4NO16. The number of ether oxygens (including phenoxy) is 11. The van der Waals surface area contributed by atoms with Crippen molar-refractivity contribution in [3.63, 3.8) is 0 Å². The number of esters is 3. The van der Waals surface area contributed by atoms with E-state index in [1.807, 2.05) is 91.0 Å². The van der Waals surface area contributed by atoms with Crippen LogP contribution < -0.4 is 9.47 Å². The Balaban J connectivity index is 1.23. The number of amides is 2. The molecule has 3 aliphatic heterocycles. The van der Waals surface area contributed by atoms with Gasteiger partial charge in [-0.25, -0.2) is 0 Å². The molecule has 0 aromatic heterocycles. The summed E-state index contributed by atoms with van der Waals surface area (Å²) in [5.74, 6) is -3.77.